The van der Waals surface area contributed by atoms with Gasteiger partial charge in [0.2, 0.25) is 5.96 Å². The Bertz CT molecular complexity index is 317. The number of hydrazone groups is 1. The topological polar surface area (TPSA) is 85.7 Å². The summed E-state index contributed by atoms with van der Waals surface area (Å²) in [5.74, 6) is 0.859. The molecule has 5 heteroatoms. The van der Waals surface area contributed by atoms with Gasteiger partial charge in [-0.05, 0) is 19.1 Å². The largest absolute Gasteiger partial charge is 0.492 e. The Morgan fingerprint density at radius 3 is 2.60 bits per heavy atom. The molecule has 0 aromatic heterocycles. The van der Waals surface area contributed by atoms with Gasteiger partial charge in [0, 0.05) is 0 Å². The van der Waals surface area contributed by atoms with Crippen molar-refractivity contribution < 1.29 is 4.74 Å². The number of hydrogen-bond donors (Lipinski definition) is 3. The molecular formula is C10H16N4O. The number of ether oxygens (including phenoxy) is 1. The van der Waals surface area contributed by atoms with E-state index < -0.39 is 0 Å². The third-order valence-corrected chi connectivity index (χ3v) is 1.71. The van der Waals surface area contributed by atoms with Crippen molar-refractivity contribution in [1.29, 1.82) is 0 Å². The predicted octanol–water partition coefficient (Wildman–Crippen LogP) is 0.152. The zero-order chi connectivity index (χ0) is 11.1. The molecule has 0 unspecified atom stereocenters. The molecule has 15 heavy (non-hydrogen) atoms. The van der Waals surface area contributed by atoms with Crippen LogP contribution >= 0.6 is 0 Å². The minimum absolute atomic E-state index is 0.0188. The molecule has 1 aromatic rings. The van der Waals surface area contributed by atoms with Crippen molar-refractivity contribution in [3.63, 3.8) is 0 Å². The summed E-state index contributed by atoms with van der Waals surface area (Å²) in [5.41, 5.74) is 14.1. The molecule has 0 atom stereocenters. The second-order valence-corrected chi connectivity index (χ2v) is 3.11. The number of nitrogens with one attached hydrogen (secondary N) is 1. The summed E-state index contributed by atoms with van der Waals surface area (Å²) in [6, 6.07) is 7.85. The Hall–Kier alpha value is -1.91. The van der Waals surface area contributed by atoms with Crippen molar-refractivity contribution in [2.24, 2.45) is 16.6 Å². The lowest BCUT2D eigenvalue weighted by molar-refractivity contribution is 0.315. The van der Waals surface area contributed by atoms with E-state index in [4.69, 9.17) is 16.2 Å². The highest BCUT2D eigenvalue weighted by molar-refractivity contribution is 5.75. The summed E-state index contributed by atoms with van der Waals surface area (Å²) in [4.78, 5) is 0. The van der Waals surface area contributed by atoms with Crippen molar-refractivity contribution in [1.82, 2.24) is 5.43 Å². The summed E-state index contributed by atoms with van der Waals surface area (Å²) in [5, 5.41) is 3.61. The molecule has 0 aliphatic carbocycles. The third-order valence-electron chi connectivity index (χ3n) is 1.71. The van der Waals surface area contributed by atoms with E-state index in [1.165, 1.54) is 5.56 Å². The first-order valence-electron chi connectivity index (χ1n) is 4.69. The lowest BCUT2D eigenvalue weighted by atomic mass is 10.2. The van der Waals surface area contributed by atoms with Crippen LogP contribution < -0.4 is 21.6 Å². The fraction of sp³-hybridized carbons (Fsp3) is 0.300. The van der Waals surface area contributed by atoms with Crippen LogP contribution in [-0.2, 0) is 0 Å². The number of guanidine groups is 1. The van der Waals surface area contributed by atoms with E-state index in [0.717, 1.165) is 5.75 Å². The van der Waals surface area contributed by atoms with Gasteiger partial charge in [0.1, 0.15) is 12.4 Å². The maximum absolute atomic E-state index is 5.43. The molecule has 0 heterocycles. The Labute approximate surface area is 89.1 Å². The van der Waals surface area contributed by atoms with E-state index in [9.17, 15) is 0 Å². The molecule has 0 saturated heterocycles. The summed E-state index contributed by atoms with van der Waals surface area (Å²) < 4.78 is 5.43. The number of rotatable bonds is 5. The van der Waals surface area contributed by atoms with Crippen LogP contribution in [0.5, 0.6) is 5.75 Å². The Morgan fingerprint density at radius 2 is 2.00 bits per heavy atom. The van der Waals surface area contributed by atoms with Gasteiger partial charge in [-0.2, -0.15) is 0 Å². The van der Waals surface area contributed by atoms with Crippen LogP contribution in [-0.4, -0.2) is 19.1 Å². The normalized spacial score (nSPS) is 9.40. The number of hydrogen-bond acceptors (Lipinski definition) is 3. The maximum atomic E-state index is 5.43. The Morgan fingerprint density at radius 1 is 1.33 bits per heavy atom. The average Bonchev–Trinajstić information content (AvgIpc) is 2.20. The van der Waals surface area contributed by atoms with Crippen molar-refractivity contribution in [2.75, 3.05) is 13.2 Å². The second kappa shape index (κ2) is 5.74. The number of nitrogens with zero attached hydrogens (tertiary/aromatic N) is 1. The highest BCUT2D eigenvalue weighted by Gasteiger charge is 1.91. The zero-order valence-electron chi connectivity index (χ0n) is 8.73. The van der Waals surface area contributed by atoms with Crippen LogP contribution in [0.25, 0.3) is 0 Å². The molecule has 0 fully saturated rings. The first kappa shape index (κ1) is 11.2. The molecule has 0 saturated carbocycles. The second-order valence-electron chi connectivity index (χ2n) is 3.11. The summed E-state index contributed by atoms with van der Waals surface area (Å²) in [7, 11) is 0. The van der Waals surface area contributed by atoms with Gasteiger partial charge in [0.05, 0.1) is 6.54 Å². The van der Waals surface area contributed by atoms with E-state index in [2.05, 4.69) is 10.5 Å². The molecule has 82 valence electrons. The molecule has 0 aliphatic rings. The van der Waals surface area contributed by atoms with Gasteiger partial charge >= 0.3 is 0 Å². The standard InChI is InChI=1S/C10H16N4O/c1-8-2-4-9(5-3-8)15-7-6-13-14-10(11)12/h2-5,13H,6-7H2,1H3,(H4,11,12,14). The zero-order valence-corrected chi connectivity index (χ0v) is 8.73. The SMILES string of the molecule is Cc1ccc(OCCNN=C(N)N)cc1. The highest BCUT2D eigenvalue weighted by Crippen LogP contribution is 2.10. The van der Waals surface area contributed by atoms with Crippen LogP contribution in [0, 0.1) is 6.92 Å². The minimum atomic E-state index is 0.0188. The monoisotopic (exact) mass is 208 g/mol. The van der Waals surface area contributed by atoms with Crippen LogP contribution in [0.4, 0.5) is 0 Å². The first-order chi connectivity index (χ1) is 7.18. The fourth-order valence-electron chi connectivity index (χ4n) is 0.996. The van der Waals surface area contributed by atoms with Gasteiger partial charge in [-0.15, -0.1) is 5.10 Å². The van der Waals surface area contributed by atoms with Crippen LogP contribution in [0.15, 0.2) is 29.4 Å². The molecular weight excluding hydrogens is 192 g/mol. The van der Waals surface area contributed by atoms with E-state index in [1.807, 2.05) is 31.2 Å². The summed E-state index contributed by atoms with van der Waals surface area (Å²) >= 11 is 0. The van der Waals surface area contributed by atoms with Gasteiger partial charge in [-0.3, -0.25) is 0 Å². The molecule has 5 N–H and O–H groups in total. The molecule has 0 radical (unpaired) electrons. The van der Waals surface area contributed by atoms with Crippen molar-refractivity contribution in [3.05, 3.63) is 29.8 Å². The molecule has 0 spiro atoms. The van der Waals surface area contributed by atoms with E-state index in [0.29, 0.717) is 13.2 Å². The molecule has 0 amide bonds. The molecule has 1 aromatic carbocycles. The number of nitrogens with two attached hydrogens (primary N) is 2. The van der Waals surface area contributed by atoms with Crippen molar-refractivity contribution >= 4 is 5.96 Å². The van der Waals surface area contributed by atoms with E-state index in [-0.39, 0.29) is 5.96 Å². The lowest BCUT2D eigenvalue weighted by Gasteiger charge is -2.05. The number of benzene rings is 1. The van der Waals surface area contributed by atoms with Crippen LogP contribution in [0.1, 0.15) is 5.56 Å². The number of aryl methyl sites for hydroxylation is 1. The average molecular weight is 208 g/mol. The summed E-state index contributed by atoms with van der Waals surface area (Å²) in [6.07, 6.45) is 0. The first-order valence-corrected chi connectivity index (χ1v) is 4.69. The van der Waals surface area contributed by atoms with Gasteiger partial charge in [-0.25, -0.2) is 0 Å². The quantitative estimate of drug-likeness (QED) is 0.278. The smallest absolute Gasteiger partial charge is 0.208 e. The third kappa shape index (κ3) is 4.75. The Kier molecular flexibility index (Phi) is 4.28. The van der Waals surface area contributed by atoms with Gasteiger partial charge in [0.25, 0.3) is 0 Å². The summed E-state index contributed by atoms with van der Waals surface area (Å²) in [6.45, 7) is 3.11. The Balaban J connectivity index is 2.20. The maximum Gasteiger partial charge on any atom is 0.208 e. The van der Waals surface area contributed by atoms with Gasteiger partial charge < -0.3 is 21.6 Å². The van der Waals surface area contributed by atoms with Crippen molar-refractivity contribution in [3.8, 4) is 5.75 Å². The van der Waals surface area contributed by atoms with Crippen molar-refractivity contribution in [2.45, 2.75) is 6.92 Å². The van der Waals surface area contributed by atoms with E-state index in [1.54, 1.807) is 0 Å². The lowest BCUT2D eigenvalue weighted by Crippen LogP contribution is -2.27. The highest BCUT2D eigenvalue weighted by atomic mass is 16.5. The van der Waals surface area contributed by atoms with Gasteiger partial charge in [-0.1, -0.05) is 17.7 Å². The fourth-order valence-corrected chi connectivity index (χ4v) is 0.996. The van der Waals surface area contributed by atoms with Crippen LogP contribution in [0.2, 0.25) is 0 Å². The van der Waals surface area contributed by atoms with E-state index >= 15 is 0 Å². The molecule has 0 aliphatic heterocycles. The molecule has 5 nitrogen and oxygen atoms in total. The molecule has 1 rings (SSSR count). The van der Waals surface area contributed by atoms with Gasteiger partial charge in [0.15, 0.2) is 0 Å². The molecule has 0 bridgehead atoms. The predicted molar refractivity (Wildman–Crippen MR) is 60.5 cm³/mol. The minimum Gasteiger partial charge on any atom is -0.492 e. The van der Waals surface area contributed by atoms with Crippen LogP contribution in [0.3, 0.4) is 0 Å².